The fourth-order valence-electron chi connectivity index (χ4n) is 12.5. The van der Waals surface area contributed by atoms with Crippen molar-refractivity contribution in [1.29, 1.82) is 0 Å². The van der Waals surface area contributed by atoms with E-state index in [9.17, 15) is 69.1 Å². The molecule has 6 fully saturated rings. The van der Waals surface area contributed by atoms with Crippen molar-refractivity contribution >= 4 is 101 Å². The zero-order valence-electron chi connectivity index (χ0n) is 55.8. The van der Waals surface area contributed by atoms with Gasteiger partial charge in [0.2, 0.25) is 43.7 Å². The Kier molecular flexibility index (Phi) is 22.1. The maximum atomic E-state index is 14.2. The van der Waals surface area contributed by atoms with Gasteiger partial charge in [-0.25, -0.2) is 35.2 Å². The molecule has 10 atom stereocenters. The van der Waals surface area contributed by atoms with E-state index in [1.807, 2.05) is 24.3 Å². The van der Waals surface area contributed by atoms with Gasteiger partial charge < -0.3 is 59.2 Å². The van der Waals surface area contributed by atoms with Gasteiger partial charge in [0.15, 0.2) is 11.2 Å². The molecule has 28 nitrogen and oxygen atoms in total. The van der Waals surface area contributed by atoms with E-state index in [-0.39, 0.29) is 73.5 Å². The van der Waals surface area contributed by atoms with Crippen LogP contribution in [-0.2, 0) is 58.3 Å². The van der Waals surface area contributed by atoms with Crippen LogP contribution in [0.2, 0.25) is 5.35 Å². The van der Waals surface area contributed by atoms with E-state index in [0.29, 0.717) is 68.9 Å². The second kappa shape index (κ2) is 29.7. The van der Waals surface area contributed by atoms with Crippen molar-refractivity contribution in [2.24, 2.45) is 11.8 Å². The van der Waals surface area contributed by atoms with Gasteiger partial charge in [-0.2, -0.15) is 9.97 Å². The summed E-state index contributed by atoms with van der Waals surface area (Å²) in [7, 11) is -7.73. The van der Waals surface area contributed by atoms with Crippen molar-refractivity contribution in [2.45, 2.75) is 226 Å². The van der Waals surface area contributed by atoms with Gasteiger partial charge in [-0.3, -0.25) is 38.2 Å². The van der Waals surface area contributed by atoms with Crippen LogP contribution in [0.15, 0.2) is 69.5 Å². The Morgan fingerprint density at radius 3 is 1.54 bits per heavy atom. The third kappa shape index (κ3) is 18.9. The molecule has 540 valence electrons. The van der Waals surface area contributed by atoms with Crippen molar-refractivity contribution in [3.05, 3.63) is 77.7 Å². The highest BCUT2D eigenvalue weighted by Gasteiger charge is 2.64. The molecule has 0 unspecified atom stereocenters. The number of aliphatic hydroxyl groups excluding tert-OH is 1. The highest BCUT2D eigenvalue weighted by atomic mass is 35.5. The molecule has 0 radical (unpaired) electrons. The summed E-state index contributed by atoms with van der Waals surface area (Å²) in [4.78, 5) is 118. The maximum Gasteiger partial charge on any atom is 0.408 e. The molecule has 2 aromatic carbocycles. The molecule has 0 bridgehead atoms. The highest BCUT2D eigenvalue weighted by molar-refractivity contribution is 7.91. The molecule has 0 spiro atoms. The molecule has 99 heavy (non-hydrogen) atoms. The van der Waals surface area contributed by atoms with Crippen LogP contribution in [0.4, 0.5) is 18.4 Å². The molecule has 2 saturated heterocycles. The van der Waals surface area contributed by atoms with Crippen LogP contribution >= 0.6 is 11.6 Å². The average Bonchev–Trinajstić information content (AvgIpc) is 1.58. The number of carbonyl (C=O) groups excluding carboxylic acids is 8. The van der Waals surface area contributed by atoms with Crippen molar-refractivity contribution < 1.29 is 92.1 Å². The number of allylic oxidation sites excluding steroid dienone is 2. The van der Waals surface area contributed by atoms with Crippen LogP contribution in [0, 0.1) is 23.5 Å². The zero-order valence-corrected chi connectivity index (χ0v) is 58.2. The minimum atomic E-state index is -3.90. The number of hydrogen-bond donors (Lipinski definition) is 7. The quantitative estimate of drug-likeness (QED) is 0.0814. The summed E-state index contributed by atoms with van der Waals surface area (Å²) in [6.07, 6.45) is 12.6. The van der Waals surface area contributed by atoms with Crippen molar-refractivity contribution in [1.82, 2.24) is 50.5 Å². The highest BCUT2D eigenvalue weighted by Crippen LogP contribution is 2.48. The molecular formula is C66H85ClF2N10O18S2. The lowest BCUT2D eigenvalue weighted by atomic mass is 10.0. The number of sulfonamides is 2. The van der Waals surface area contributed by atoms with Gasteiger partial charge in [0, 0.05) is 43.4 Å². The standard InChI is InChI=1S/C33H42FN5O9S.C26H40N4O8S.C7H3ClFNO/c1-32(2,3)48-30(43)35-23-10-8-6-4-5-7-9-19-17-33(19,29(42)38-49(44,45)22-12-13-22)37-27(40)25-16-21(18-39(25)28(23)41)46-31-36-24-15-20(34)11-14-26(24)47-31;1-25(2,3)38-24(35)27-19-10-8-6-4-5-7-9-16-14-26(16,23(34)29-39(36,37)18-11-12-18)28-21(32)20-13-17(31)15-30(20)22(19)33;8-7-10-5-3-4(9)1-2-6(5)11-7/h7,9,11,14-15,19,21-23,25H,4-6,8,10,12-13,16-18H2,1-3H3,(H,35,43)(H,37,40)(H,38,42);7,9,16-20,31H,4-6,8,10-15H2,1-3H3,(H,27,35)(H,28,32)(H,29,34);1-3H/b2*9-7-;/t19-,21-,23+,25+,33-;16-,17-,19+,20+,26-;/m11./s1. The predicted molar refractivity (Wildman–Crippen MR) is 352 cm³/mol. The first-order valence-electron chi connectivity index (χ1n) is 33.4. The van der Waals surface area contributed by atoms with Crippen LogP contribution in [0.3, 0.4) is 0 Å². The number of halogens is 3. The topological polar surface area (TPSA) is 383 Å². The van der Waals surface area contributed by atoms with Gasteiger partial charge in [-0.1, -0.05) is 50.0 Å². The summed E-state index contributed by atoms with van der Waals surface area (Å²) in [6, 6.07) is 3.61. The van der Waals surface area contributed by atoms with Crippen LogP contribution < -0.4 is 35.4 Å². The summed E-state index contributed by atoms with van der Waals surface area (Å²) >= 11 is 5.44. The number of nitrogens with zero attached hydrogens (tertiary/aromatic N) is 4. The number of ether oxygens (including phenoxy) is 3. The molecule has 33 heteroatoms. The Morgan fingerprint density at radius 1 is 0.626 bits per heavy atom. The monoisotopic (exact) mass is 1440 g/mol. The first kappa shape index (κ1) is 73.7. The van der Waals surface area contributed by atoms with Gasteiger partial charge in [0.25, 0.3) is 17.2 Å². The Morgan fingerprint density at radius 2 is 1.07 bits per heavy atom. The molecule has 4 aromatic rings. The van der Waals surface area contributed by atoms with Crippen molar-refractivity contribution in [2.75, 3.05) is 13.1 Å². The molecule has 6 heterocycles. The van der Waals surface area contributed by atoms with E-state index >= 15 is 0 Å². The Bertz CT molecular complexity index is 4040. The Balaban J connectivity index is 0.000000188. The van der Waals surface area contributed by atoms with E-state index in [0.717, 1.165) is 25.7 Å². The molecular weight excluding hydrogens is 1360 g/mol. The second-order valence-corrected chi connectivity index (χ2v) is 32.7. The van der Waals surface area contributed by atoms with Gasteiger partial charge in [0.1, 0.15) is 75.2 Å². The van der Waals surface area contributed by atoms with E-state index in [1.54, 1.807) is 41.5 Å². The van der Waals surface area contributed by atoms with Crippen molar-refractivity contribution in [3.8, 4) is 6.08 Å². The minimum absolute atomic E-state index is 0.0330. The summed E-state index contributed by atoms with van der Waals surface area (Å²) in [5.41, 5.74) is -3.13. The number of benzene rings is 2. The number of aliphatic hydroxyl groups is 1. The number of rotatable bonds is 10. The fourth-order valence-corrected chi connectivity index (χ4v) is 15.4. The number of amides is 8. The summed E-state index contributed by atoms with van der Waals surface area (Å²) in [6.45, 7) is 10.0. The number of alkyl carbamates (subject to hydrolysis) is 2. The SMILES string of the molecule is CC(C)(C)OC(=O)N[C@H]1CCCCC/C=C\[C@@H]2C[C@@]2(C(=O)NS(=O)(=O)C2CC2)NC(=O)[C@@H]2C[C@@H](O)CN2C1=O.CC(C)(C)OC(=O)N[C@H]1CCCCC/C=C\[C@@H]2C[C@@]2(C(=O)NS(=O)(=O)C2CC2)NC(=O)[C@@H]2C[C@@H](Oc3nc4cc(F)ccc4o3)CN2C1=O.Fc1ccc2oc(Cl)nc2c1. The number of aromatic nitrogens is 2. The molecule has 4 aliphatic heterocycles. The van der Waals surface area contributed by atoms with E-state index in [2.05, 4.69) is 40.7 Å². The van der Waals surface area contributed by atoms with E-state index in [4.69, 9.17) is 34.6 Å². The Hall–Kier alpha value is -7.97. The predicted octanol–water partition coefficient (Wildman–Crippen LogP) is 6.68. The van der Waals surface area contributed by atoms with Crippen LogP contribution in [-0.4, -0.2) is 172 Å². The number of hydrogen-bond acceptors (Lipinski definition) is 20. The maximum absolute atomic E-state index is 14.2. The minimum Gasteiger partial charge on any atom is -0.445 e. The smallest absolute Gasteiger partial charge is 0.408 e. The Labute approximate surface area is 576 Å². The molecule has 2 aromatic heterocycles. The van der Waals surface area contributed by atoms with Crippen LogP contribution in [0.25, 0.3) is 22.2 Å². The average molecular weight is 1440 g/mol. The zero-order chi connectivity index (χ0) is 71.6. The van der Waals surface area contributed by atoms with Gasteiger partial charge in [-0.05, 0) is 154 Å². The third-order valence-electron chi connectivity index (χ3n) is 18.0. The number of nitrogens with one attached hydrogen (secondary N) is 6. The normalized spacial score (nSPS) is 28.4. The lowest BCUT2D eigenvalue weighted by Gasteiger charge is -2.30. The third-order valence-corrected chi connectivity index (χ3v) is 21.8. The molecule has 12 rings (SSSR count). The van der Waals surface area contributed by atoms with Crippen LogP contribution in [0.1, 0.15) is 157 Å². The van der Waals surface area contributed by atoms with E-state index < -0.39 is 154 Å². The van der Waals surface area contributed by atoms with E-state index in [1.165, 1.54) is 46.2 Å². The lowest BCUT2D eigenvalue weighted by molar-refractivity contribution is -0.141. The number of carbonyl (C=O) groups is 8. The summed E-state index contributed by atoms with van der Waals surface area (Å²) in [5, 5.41) is 20.0. The van der Waals surface area contributed by atoms with Crippen molar-refractivity contribution in [3.63, 3.8) is 0 Å². The first-order valence-corrected chi connectivity index (χ1v) is 36.9. The van der Waals surface area contributed by atoms with Gasteiger partial charge in [-0.15, -0.1) is 0 Å². The van der Waals surface area contributed by atoms with Gasteiger partial charge >= 0.3 is 18.3 Å². The molecule has 7 N–H and O–H groups in total. The number of fused-ring (bicyclic) bond motifs is 6. The molecule has 4 aliphatic carbocycles. The molecule has 4 saturated carbocycles. The lowest BCUT2D eigenvalue weighted by Crippen LogP contribution is -2.58. The van der Waals surface area contributed by atoms with Crippen LogP contribution in [0.5, 0.6) is 6.08 Å². The summed E-state index contributed by atoms with van der Waals surface area (Å²) in [5.74, 6) is -5.71. The fraction of sp³-hybridized carbons (Fsp3) is 0.606. The second-order valence-electron chi connectivity index (χ2n) is 28.5. The number of oxazole rings is 2. The molecule has 8 aliphatic rings. The largest absolute Gasteiger partial charge is 0.445 e. The first-order chi connectivity index (χ1) is 46.6. The molecule has 8 amide bonds. The summed E-state index contributed by atoms with van der Waals surface area (Å²) < 4.78 is 108. The van der Waals surface area contributed by atoms with Gasteiger partial charge in [0.05, 0.1) is 23.1 Å².